The molecule has 3 N–H and O–H groups in total. The summed E-state index contributed by atoms with van der Waals surface area (Å²) in [4.78, 5) is 41.7. The molecule has 0 bridgehead atoms. The fourth-order valence-corrected chi connectivity index (χ4v) is 11.9. The third-order valence-electron chi connectivity index (χ3n) is 14.9. The van der Waals surface area contributed by atoms with Gasteiger partial charge in [-0.05, 0) is 117 Å². The Labute approximate surface area is 379 Å². The first-order valence-electron chi connectivity index (χ1n) is 23.3. The summed E-state index contributed by atoms with van der Waals surface area (Å²) in [5, 5.41) is 16.0. The number of fused-ring (bicyclic) bond motifs is 1. The molecule has 5 fully saturated rings. The van der Waals surface area contributed by atoms with Gasteiger partial charge in [-0.25, -0.2) is 23.1 Å². The predicted molar refractivity (Wildman–Crippen MR) is 248 cm³/mol. The molecular formula is C49H58N8O7S. The largest absolute Gasteiger partial charge is 0.455 e. The number of morpholine rings is 1. The highest BCUT2D eigenvalue weighted by atomic mass is 32.2. The molecule has 15 nitrogen and oxygen atoms in total. The Morgan fingerprint density at radius 3 is 2.48 bits per heavy atom. The summed E-state index contributed by atoms with van der Waals surface area (Å²) < 4.78 is 42.2. The van der Waals surface area contributed by atoms with Crippen LogP contribution in [0.15, 0.2) is 84.1 Å². The molecule has 342 valence electrons. The third-order valence-corrected chi connectivity index (χ3v) is 16.2. The molecular weight excluding hydrogens is 845 g/mol. The van der Waals surface area contributed by atoms with E-state index in [1.54, 1.807) is 30.6 Å². The van der Waals surface area contributed by atoms with Crippen LogP contribution in [0.4, 0.5) is 17.2 Å². The maximum Gasteiger partial charge on any atom is 0.312 e. The molecule has 2 aliphatic heterocycles. The molecule has 3 saturated carbocycles. The number of anilines is 2. The minimum Gasteiger partial charge on any atom is -0.455 e. The number of carbonyl (C=O) groups is 1. The van der Waals surface area contributed by atoms with Crippen LogP contribution in [0, 0.1) is 27.4 Å². The van der Waals surface area contributed by atoms with E-state index in [0.29, 0.717) is 41.7 Å². The van der Waals surface area contributed by atoms with Crippen molar-refractivity contribution < 1.29 is 27.6 Å². The molecule has 2 atom stereocenters. The monoisotopic (exact) mass is 902 g/mol. The van der Waals surface area contributed by atoms with Gasteiger partial charge in [0.2, 0.25) is 5.82 Å². The fourth-order valence-electron chi connectivity index (χ4n) is 11.0. The molecule has 1 unspecified atom stereocenters. The molecule has 0 radical (unpaired) electrons. The van der Waals surface area contributed by atoms with Gasteiger partial charge in [-0.3, -0.25) is 19.8 Å². The number of pyridine rings is 2. The number of hydrogen-bond donors (Lipinski definition) is 3. The summed E-state index contributed by atoms with van der Waals surface area (Å²) in [6.45, 7) is 8.30. The Morgan fingerprint density at radius 1 is 0.954 bits per heavy atom. The normalized spacial score (nSPS) is 23.8. The molecule has 16 heteroatoms. The summed E-state index contributed by atoms with van der Waals surface area (Å²) in [6.07, 6.45) is 15.6. The molecule has 5 aromatic rings. The van der Waals surface area contributed by atoms with Crippen molar-refractivity contribution in [2.24, 2.45) is 17.3 Å². The quantitative estimate of drug-likeness (QED) is 0.0753. The maximum atomic E-state index is 14.0. The molecule has 2 aromatic carbocycles. The first-order valence-corrected chi connectivity index (χ1v) is 24.8. The lowest BCUT2D eigenvalue weighted by molar-refractivity contribution is -0.384. The van der Waals surface area contributed by atoms with Crippen molar-refractivity contribution in [3.63, 3.8) is 0 Å². The number of rotatable bonds is 13. The first-order chi connectivity index (χ1) is 31.4. The average molecular weight is 903 g/mol. The number of piperidine rings is 1. The maximum absolute atomic E-state index is 14.0. The van der Waals surface area contributed by atoms with Gasteiger partial charge < -0.3 is 24.7 Å². The Hall–Kier alpha value is -5.58. The van der Waals surface area contributed by atoms with Gasteiger partial charge in [0.1, 0.15) is 22.0 Å². The van der Waals surface area contributed by atoms with Crippen LogP contribution in [0.25, 0.3) is 11.0 Å². The van der Waals surface area contributed by atoms with Crippen molar-refractivity contribution >= 4 is 44.2 Å². The second-order valence-electron chi connectivity index (χ2n) is 19.3. The van der Waals surface area contributed by atoms with E-state index in [1.165, 1.54) is 24.0 Å². The summed E-state index contributed by atoms with van der Waals surface area (Å²) in [5.41, 5.74) is 4.22. The van der Waals surface area contributed by atoms with Gasteiger partial charge in [0, 0.05) is 61.6 Å². The Morgan fingerprint density at radius 2 is 1.72 bits per heavy atom. The van der Waals surface area contributed by atoms with Crippen molar-refractivity contribution in [3.8, 4) is 11.5 Å². The van der Waals surface area contributed by atoms with Crippen LogP contribution in [-0.4, -0.2) is 84.0 Å². The summed E-state index contributed by atoms with van der Waals surface area (Å²) >= 11 is 0. The van der Waals surface area contributed by atoms with E-state index >= 15 is 0 Å². The molecule has 10 rings (SSSR count). The van der Waals surface area contributed by atoms with E-state index < -0.39 is 31.4 Å². The summed E-state index contributed by atoms with van der Waals surface area (Å²) in [7, 11) is -4.60. The number of ether oxygens (including phenoxy) is 2. The van der Waals surface area contributed by atoms with Crippen molar-refractivity contribution in [2.45, 2.75) is 107 Å². The van der Waals surface area contributed by atoms with Crippen LogP contribution in [0.2, 0.25) is 0 Å². The van der Waals surface area contributed by atoms with Crippen molar-refractivity contribution in [3.05, 3.63) is 106 Å². The van der Waals surface area contributed by atoms with Gasteiger partial charge in [-0.1, -0.05) is 44.0 Å². The lowest BCUT2D eigenvalue weighted by Crippen LogP contribution is -2.59. The zero-order chi connectivity index (χ0) is 44.9. The number of aromatic amines is 1. The number of H-pyrrole nitrogens is 1. The van der Waals surface area contributed by atoms with Gasteiger partial charge in [-0.15, -0.1) is 0 Å². The lowest BCUT2D eigenvalue weighted by Gasteiger charge is -2.58. The van der Waals surface area contributed by atoms with Crippen LogP contribution in [-0.2, 0) is 14.8 Å². The highest BCUT2D eigenvalue weighted by Crippen LogP contribution is 2.54. The van der Waals surface area contributed by atoms with Gasteiger partial charge in [-0.2, -0.15) is 0 Å². The highest BCUT2D eigenvalue weighted by molar-refractivity contribution is 7.90. The SMILES string of the molecule is CC1OCCN(C2CC3(CCN(c4ccc(C(=O)NS(=O)(=O)c5cnc(NC[C@H]6CC[C@@H](C)CC6)c([N+](=O)[O-])c5)c(Oc5cnc6[nH]ccc6c5)c4)CC3)C2)[C@@H]1c1ccccc1C1CC1. The van der Waals surface area contributed by atoms with E-state index in [2.05, 4.69) is 72.9 Å². The number of amides is 1. The van der Waals surface area contributed by atoms with Crippen molar-refractivity contribution in [2.75, 3.05) is 43.0 Å². The standard InChI is InChI=1S/C49H58N8O7S/c1-31-7-9-33(10-8-31)28-51-47-43(57(59)60)25-39(30-53-47)65(61,62)54-48(58)42-14-13-36(24-44(42)64-38-23-35-15-18-50-46(35)52-29-38)55-19-16-49(17-20-55)26-37(27-49)56-21-22-63-32(2)45(56)41-6-4-3-5-40(41)34-11-12-34/h3-6,13-15,18,23-25,29-34,37,45H,7-12,16-17,19-22,26-28H2,1-2H3,(H,50,52)(H,51,53)(H,54,58)/t31-,32?,33+,45-/m0/s1. The zero-order valence-electron chi connectivity index (χ0n) is 37.1. The summed E-state index contributed by atoms with van der Waals surface area (Å²) in [6, 6.07) is 19.5. The fraction of sp³-hybridized carbons (Fsp3) is 0.490. The Kier molecular flexibility index (Phi) is 11.8. The highest BCUT2D eigenvalue weighted by Gasteiger charge is 2.51. The van der Waals surface area contributed by atoms with Crippen molar-refractivity contribution in [1.82, 2.24) is 24.6 Å². The van der Waals surface area contributed by atoms with E-state index in [1.807, 2.05) is 12.1 Å². The lowest BCUT2D eigenvalue weighted by atomic mass is 9.59. The molecule has 1 spiro atoms. The number of aromatic nitrogens is 3. The molecule has 3 aromatic heterocycles. The molecule has 5 aliphatic rings. The van der Waals surface area contributed by atoms with E-state index in [9.17, 15) is 23.3 Å². The van der Waals surface area contributed by atoms with Crippen LogP contribution in [0.3, 0.4) is 0 Å². The molecule has 3 aliphatic carbocycles. The van der Waals surface area contributed by atoms with Crippen molar-refractivity contribution in [1.29, 1.82) is 0 Å². The minimum atomic E-state index is -4.60. The Balaban J connectivity index is 0.842. The van der Waals surface area contributed by atoms with Crippen LogP contribution in [0.5, 0.6) is 11.5 Å². The minimum absolute atomic E-state index is 0.00962. The van der Waals surface area contributed by atoms with E-state index in [4.69, 9.17) is 9.47 Å². The second kappa shape index (κ2) is 17.7. The first kappa shape index (κ1) is 43.3. The van der Waals surface area contributed by atoms with Gasteiger partial charge in [0.15, 0.2) is 0 Å². The second-order valence-corrected chi connectivity index (χ2v) is 21.0. The van der Waals surface area contributed by atoms with Gasteiger partial charge in [0.05, 0.1) is 41.6 Å². The van der Waals surface area contributed by atoms with Gasteiger partial charge >= 0.3 is 5.69 Å². The number of carbonyl (C=O) groups excluding carboxylic acids is 1. The van der Waals surface area contributed by atoms with E-state index in [-0.39, 0.29) is 34.7 Å². The molecule has 2 saturated heterocycles. The number of benzene rings is 2. The number of sulfonamides is 1. The molecule has 65 heavy (non-hydrogen) atoms. The topological polar surface area (TPSA) is 185 Å². The number of nitrogens with zero attached hydrogens (tertiary/aromatic N) is 5. The van der Waals surface area contributed by atoms with Crippen LogP contribution >= 0.6 is 0 Å². The van der Waals surface area contributed by atoms with Crippen LogP contribution < -0.4 is 19.7 Å². The number of nitro groups is 1. The molecule has 1 amide bonds. The number of nitrogens with one attached hydrogen (secondary N) is 3. The summed E-state index contributed by atoms with van der Waals surface area (Å²) in [5.74, 6) is 1.24. The predicted octanol–water partition coefficient (Wildman–Crippen LogP) is 9.10. The zero-order valence-corrected chi connectivity index (χ0v) is 37.9. The average Bonchev–Trinajstić information content (AvgIpc) is 4.04. The van der Waals surface area contributed by atoms with Gasteiger partial charge in [0.25, 0.3) is 15.9 Å². The Bertz CT molecular complexity index is 2680. The third kappa shape index (κ3) is 9.04. The van der Waals surface area contributed by atoms with Crippen LogP contribution in [0.1, 0.15) is 112 Å². The number of hydrogen-bond acceptors (Lipinski definition) is 12. The smallest absolute Gasteiger partial charge is 0.312 e. The van der Waals surface area contributed by atoms with E-state index in [0.717, 1.165) is 101 Å². The molecule has 5 heterocycles.